The average molecular weight is 280 g/mol. The van der Waals surface area contributed by atoms with Gasteiger partial charge in [-0.2, -0.15) is 0 Å². The monoisotopic (exact) mass is 279 g/mol. The van der Waals surface area contributed by atoms with Crippen molar-refractivity contribution in [1.29, 1.82) is 0 Å². The molecule has 1 unspecified atom stereocenters. The van der Waals surface area contributed by atoms with Crippen LogP contribution in [0.4, 0.5) is 0 Å². The van der Waals surface area contributed by atoms with Crippen molar-refractivity contribution in [2.24, 2.45) is 5.92 Å². The molecule has 1 heterocycles. The highest BCUT2D eigenvalue weighted by atomic mass is 35.5. The summed E-state index contributed by atoms with van der Waals surface area (Å²) in [6, 6.07) is 10.2. The lowest BCUT2D eigenvalue weighted by Crippen LogP contribution is -2.40. The predicted molar refractivity (Wildman–Crippen MR) is 79.4 cm³/mol. The predicted octanol–water partition coefficient (Wildman–Crippen LogP) is 3.49. The van der Waals surface area contributed by atoms with Gasteiger partial charge >= 0.3 is 0 Å². The summed E-state index contributed by atoms with van der Waals surface area (Å²) in [6.45, 7) is 1.83. The minimum absolute atomic E-state index is 0.295. The number of piperidine rings is 1. The number of benzene rings is 1. The van der Waals surface area contributed by atoms with Crippen LogP contribution in [0.15, 0.2) is 30.3 Å². The Hall–Kier alpha value is -1.02. The first-order valence-electron chi connectivity index (χ1n) is 7.17. The number of hydrogen-bond acceptors (Lipinski definition) is 1. The number of carbonyl (C=O) groups is 1. The number of rotatable bonds is 5. The zero-order valence-electron chi connectivity index (χ0n) is 11.4. The van der Waals surface area contributed by atoms with E-state index in [1.165, 1.54) is 12.0 Å². The van der Waals surface area contributed by atoms with Crippen molar-refractivity contribution >= 4 is 17.5 Å². The van der Waals surface area contributed by atoms with Gasteiger partial charge in [0.15, 0.2) is 0 Å². The lowest BCUT2D eigenvalue weighted by Gasteiger charge is -2.32. The number of aryl methyl sites for hydroxylation is 1. The molecule has 1 amide bonds. The largest absolute Gasteiger partial charge is 0.342 e. The molecule has 0 aromatic heterocycles. The van der Waals surface area contributed by atoms with E-state index in [9.17, 15) is 4.79 Å². The summed E-state index contributed by atoms with van der Waals surface area (Å²) in [5, 5.41) is 0. The number of carbonyl (C=O) groups excluding carboxylic acids is 1. The molecule has 19 heavy (non-hydrogen) atoms. The molecule has 1 aliphatic rings. The maximum atomic E-state index is 12.2. The van der Waals surface area contributed by atoms with Crippen molar-refractivity contribution in [2.75, 3.05) is 19.0 Å². The minimum Gasteiger partial charge on any atom is -0.342 e. The molecule has 0 spiro atoms. The molecular weight excluding hydrogens is 258 g/mol. The molecule has 104 valence electrons. The smallest absolute Gasteiger partial charge is 0.222 e. The zero-order valence-corrected chi connectivity index (χ0v) is 12.1. The van der Waals surface area contributed by atoms with Gasteiger partial charge in [0.25, 0.3) is 0 Å². The van der Waals surface area contributed by atoms with Gasteiger partial charge in [-0.05, 0) is 37.2 Å². The van der Waals surface area contributed by atoms with E-state index in [0.717, 1.165) is 32.4 Å². The molecule has 3 heteroatoms. The van der Waals surface area contributed by atoms with E-state index in [4.69, 9.17) is 11.6 Å². The fourth-order valence-corrected chi connectivity index (χ4v) is 3.04. The number of nitrogens with zero attached hydrogens (tertiary/aromatic N) is 1. The minimum atomic E-state index is 0.295. The van der Waals surface area contributed by atoms with Crippen molar-refractivity contribution < 1.29 is 4.79 Å². The van der Waals surface area contributed by atoms with Gasteiger partial charge in [-0.1, -0.05) is 30.3 Å². The molecule has 0 radical (unpaired) electrons. The highest BCUT2D eigenvalue weighted by Crippen LogP contribution is 2.20. The molecule has 2 nitrogen and oxygen atoms in total. The molecule has 1 saturated heterocycles. The van der Waals surface area contributed by atoms with Gasteiger partial charge in [-0.15, -0.1) is 11.6 Å². The third kappa shape index (κ3) is 4.54. The number of alkyl halides is 1. The van der Waals surface area contributed by atoms with E-state index in [1.807, 2.05) is 23.1 Å². The van der Waals surface area contributed by atoms with E-state index >= 15 is 0 Å². The molecule has 1 aromatic carbocycles. The molecule has 0 aliphatic carbocycles. The van der Waals surface area contributed by atoms with Crippen molar-refractivity contribution in [3.8, 4) is 0 Å². The summed E-state index contributed by atoms with van der Waals surface area (Å²) in [5.74, 6) is 1.60. The van der Waals surface area contributed by atoms with Crippen LogP contribution in [0.2, 0.25) is 0 Å². The second-order valence-electron chi connectivity index (χ2n) is 5.31. The first-order valence-corrected chi connectivity index (χ1v) is 7.70. The van der Waals surface area contributed by atoms with E-state index in [2.05, 4.69) is 12.1 Å². The Morgan fingerprint density at radius 2 is 2.11 bits per heavy atom. The highest BCUT2D eigenvalue weighted by Gasteiger charge is 2.22. The molecule has 1 aliphatic heterocycles. The number of halogens is 1. The van der Waals surface area contributed by atoms with Gasteiger partial charge in [0.05, 0.1) is 0 Å². The summed E-state index contributed by atoms with van der Waals surface area (Å²) in [4.78, 5) is 14.2. The van der Waals surface area contributed by atoms with Gasteiger partial charge in [0.2, 0.25) is 5.91 Å². The molecule has 1 fully saturated rings. The molecule has 1 aromatic rings. The maximum Gasteiger partial charge on any atom is 0.222 e. The second kappa shape index (κ2) is 7.54. The molecule has 0 bridgehead atoms. The first-order chi connectivity index (χ1) is 9.29. The third-order valence-electron chi connectivity index (χ3n) is 3.86. The van der Waals surface area contributed by atoms with Gasteiger partial charge < -0.3 is 4.90 Å². The summed E-state index contributed by atoms with van der Waals surface area (Å²) < 4.78 is 0. The summed E-state index contributed by atoms with van der Waals surface area (Å²) >= 11 is 5.80. The topological polar surface area (TPSA) is 20.3 Å². The van der Waals surface area contributed by atoms with Crippen LogP contribution in [-0.4, -0.2) is 29.8 Å². The maximum absolute atomic E-state index is 12.2. The lowest BCUT2D eigenvalue weighted by molar-refractivity contribution is -0.133. The zero-order chi connectivity index (χ0) is 13.5. The van der Waals surface area contributed by atoms with Gasteiger partial charge in [0.1, 0.15) is 0 Å². The SMILES string of the molecule is O=C(CCc1ccccc1)N1CCCC(CCCl)C1. The quantitative estimate of drug-likeness (QED) is 0.756. The Kier molecular flexibility index (Phi) is 5.71. The van der Waals surface area contributed by atoms with Crippen LogP contribution in [0.5, 0.6) is 0 Å². The Morgan fingerprint density at radius 3 is 2.84 bits per heavy atom. The van der Waals surface area contributed by atoms with Crippen LogP contribution >= 0.6 is 11.6 Å². The highest BCUT2D eigenvalue weighted by molar-refractivity contribution is 6.17. The Balaban J connectivity index is 1.79. The fourth-order valence-electron chi connectivity index (χ4n) is 2.74. The Bertz CT molecular complexity index is 391. The fraction of sp³-hybridized carbons (Fsp3) is 0.562. The van der Waals surface area contributed by atoms with Gasteiger partial charge in [0, 0.05) is 25.4 Å². The molecular formula is C16H22ClNO. The van der Waals surface area contributed by atoms with Crippen molar-refractivity contribution in [2.45, 2.75) is 32.1 Å². The van der Waals surface area contributed by atoms with Gasteiger partial charge in [-0.25, -0.2) is 0 Å². The second-order valence-corrected chi connectivity index (χ2v) is 5.69. The normalized spacial score (nSPS) is 19.4. The number of amides is 1. The molecule has 1 atom stereocenters. The summed E-state index contributed by atoms with van der Waals surface area (Å²) in [7, 11) is 0. The van der Waals surface area contributed by atoms with E-state index in [0.29, 0.717) is 24.1 Å². The molecule has 2 rings (SSSR count). The van der Waals surface area contributed by atoms with Crippen molar-refractivity contribution in [3.63, 3.8) is 0 Å². The van der Waals surface area contributed by atoms with Crippen LogP contribution in [0.3, 0.4) is 0 Å². The summed E-state index contributed by atoms with van der Waals surface area (Å²) in [5.41, 5.74) is 1.24. The van der Waals surface area contributed by atoms with Crippen molar-refractivity contribution in [1.82, 2.24) is 4.90 Å². The van der Waals surface area contributed by atoms with E-state index < -0.39 is 0 Å². The number of likely N-dealkylation sites (tertiary alicyclic amines) is 1. The van der Waals surface area contributed by atoms with E-state index in [-0.39, 0.29) is 0 Å². The van der Waals surface area contributed by atoms with E-state index in [1.54, 1.807) is 0 Å². The average Bonchev–Trinajstić information content (AvgIpc) is 2.46. The molecule has 0 N–H and O–H groups in total. The lowest BCUT2D eigenvalue weighted by atomic mass is 9.95. The van der Waals surface area contributed by atoms with Crippen LogP contribution in [0.1, 0.15) is 31.2 Å². The first kappa shape index (κ1) is 14.4. The van der Waals surface area contributed by atoms with Crippen LogP contribution in [0.25, 0.3) is 0 Å². The standard InChI is InChI=1S/C16H22ClNO/c17-11-10-15-7-4-12-18(13-15)16(19)9-8-14-5-2-1-3-6-14/h1-3,5-6,15H,4,7-13H2. The van der Waals surface area contributed by atoms with Crippen LogP contribution in [0, 0.1) is 5.92 Å². The Morgan fingerprint density at radius 1 is 1.32 bits per heavy atom. The van der Waals surface area contributed by atoms with Crippen LogP contribution in [-0.2, 0) is 11.2 Å². The third-order valence-corrected chi connectivity index (χ3v) is 4.08. The van der Waals surface area contributed by atoms with Crippen LogP contribution < -0.4 is 0 Å². The number of hydrogen-bond donors (Lipinski definition) is 0. The summed E-state index contributed by atoms with van der Waals surface area (Å²) in [6.07, 6.45) is 4.84. The van der Waals surface area contributed by atoms with Gasteiger partial charge in [-0.3, -0.25) is 4.79 Å². The van der Waals surface area contributed by atoms with Crippen molar-refractivity contribution in [3.05, 3.63) is 35.9 Å². The molecule has 0 saturated carbocycles. The Labute approximate surface area is 120 Å².